The van der Waals surface area contributed by atoms with Crippen LogP contribution in [0, 0.1) is 6.92 Å². The van der Waals surface area contributed by atoms with Gasteiger partial charge in [-0.25, -0.2) is 4.79 Å². The van der Waals surface area contributed by atoms with E-state index in [4.69, 9.17) is 0 Å². The van der Waals surface area contributed by atoms with Gasteiger partial charge in [0.05, 0.1) is 5.56 Å². The van der Waals surface area contributed by atoms with Gasteiger partial charge in [0.1, 0.15) is 5.54 Å². The van der Waals surface area contributed by atoms with Crippen LogP contribution in [0.25, 0.3) is 0 Å². The predicted octanol–water partition coefficient (Wildman–Crippen LogP) is 1.08. The van der Waals surface area contributed by atoms with Gasteiger partial charge in [0, 0.05) is 17.6 Å². The highest BCUT2D eigenvalue weighted by Gasteiger charge is 2.43. The standard InChI is InChI=1S/C12H14N2O3S/c1-8-2-3-9(6-13-8)10(15)14-12(11(16)17)4-5-18-7-12/h2-3,6H,4-5,7H2,1H3,(H,14,15)(H,16,17). The molecule has 0 bridgehead atoms. The van der Waals surface area contributed by atoms with E-state index in [-0.39, 0.29) is 5.91 Å². The Bertz CT molecular complexity index is 467. The fraction of sp³-hybridized carbons (Fsp3) is 0.417. The van der Waals surface area contributed by atoms with Gasteiger partial charge < -0.3 is 10.4 Å². The van der Waals surface area contributed by atoms with Crippen LogP contribution in [0.15, 0.2) is 18.3 Å². The zero-order chi connectivity index (χ0) is 13.2. The number of thioether (sulfide) groups is 1. The number of aryl methyl sites for hydroxylation is 1. The highest BCUT2D eigenvalue weighted by Crippen LogP contribution is 2.28. The fourth-order valence-corrected chi connectivity index (χ4v) is 3.10. The van der Waals surface area contributed by atoms with Crippen LogP contribution in [0.5, 0.6) is 0 Å². The molecule has 1 aliphatic heterocycles. The third-order valence-electron chi connectivity index (χ3n) is 2.96. The van der Waals surface area contributed by atoms with Gasteiger partial charge in [-0.2, -0.15) is 11.8 Å². The number of aliphatic carboxylic acids is 1. The molecule has 1 aliphatic rings. The Labute approximate surface area is 109 Å². The molecule has 5 nitrogen and oxygen atoms in total. The summed E-state index contributed by atoms with van der Waals surface area (Å²) < 4.78 is 0. The van der Waals surface area contributed by atoms with Gasteiger partial charge in [-0.1, -0.05) is 0 Å². The first-order chi connectivity index (χ1) is 8.53. The molecule has 1 unspecified atom stereocenters. The summed E-state index contributed by atoms with van der Waals surface area (Å²) in [5.41, 5.74) is 0.0705. The molecule has 18 heavy (non-hydrogen) atoms. The Balaban J connectivity index is 2.15. The molecule has 0 saturated carbocycles. The number of aromatic nitrogens is 1. The van der Waals surface area contributed by atoms with E-state index in [1.165, 1.54) is 18.0 Å². The van der Waals surface area contributed by atoms with E-state index in [9.17, 15) is 14.7 Å². The van der Waals surface area contributed by atoms with E-state index in [0.717, 1.165) is 11.4 Å². The maximum atomic E-state index is 12.0. The summed E-state index contributed by atoms with van der Waals surface area (Å²) in [6.45, 7) is 1.83. The Morgan fingerprint density at radius 3 is 2.78 bits per heavy atom. The van der Waals surface area contributed by atoms with Crippen LogP contribution in [0.3, 0.4) is 0 Å². The molecular weight excluding hydrogens is 252 g/mol. The molecule has 2 heterocycles. The maximum Gasteiger partial charge on any atom is 0.330 e. The molecule has 96 valence electrons. The Morgan fingerprint density at radius 1 is 1.50 bits per heavy atom. The second kappa shape index (κ2) is 4.97. The summed E-state index contributed by atoms with van der Waals surface area (Å²) in [5.74, 6) is -0.195. The number of carbonyl (C=O) groups is 2. The molecule has 1 fully saturated rings. The highest BCUT2D eigenvalue weighted by atomic mass is 32.2. The van der Waals surface area contributed by atoms with Crippen molar-refractivity contribution in [3.8, 4) is 0 Å². The number of amides is 1. The van der Waals surface area contributed by atoms with E-state index in [0.29, 0.717) is 17.7 Å². The van der Waals surface area contributed by atoms with Crippen LogP contribution in [0.4, 0.5) is 0 Å². The van der Waals surface area contributed by atoms with Gasteiger partial charge in [0.15, 0.2) is 0 Å². The number of carboxylic acids is 1. The van der Waals surface area contributed by atoms with Crippen molar-refractivity contribution >= 4 is 23.6 Å². The lowest BCUT2D eigenvalue weighted by Crippen LogP contribution is -2.54. The Morgan fingerprint density at radius 2 is 2.28 bits per heavy atom. The van der Waals surface area contributed by atoms with E-state index in [1.807, 2.05) is 6.92 Å². The van der Waals surface area contributed by atoms with Gasteiger partial charge in [-0.3, -0.25) is 9.78 Å². The number of hydrogen-bond acceptors (Lipinski definition) is 4. The van der Waals surface area contributed by atoms with E-state index >= 15 is 0 Å². The van der Waals surface area contributed by atoms with Crippen molar-refractivity contribution in [2.45, 2.75) is 18.9 Å². The van der Waals surface area contributed by atoms with Crippen LogP contribution in [-0.4, -0.2) is 39.0 Å². The minimum Gasteiger partial charge on any atom is -0.479 e. The van der Waals surface area contributed by atoms with Crippen molar-refractivity contribution in [3.05, 3.63) is 29.6 Å². The molecular formula is C12H14N2O3S. The van der Waals surface area contributed by atoms with Crippen molar-refractivity contribution in [3.63, 3.8) is 0 Å². The molecule has 0 aromatic carbocycles. The van der Waals surface area contributed by atoms with Gasteiger partial charge in [-0.15, -0.1) is 0 Å². The quantitative estimate of drug-likeness (QED) is 0.856. The molecule has 0 aliphatic carbocycles. The fourth-order valence-electron chi connectivity index (χ4n) is 1.78. The first-order valence-electron chi connectivity index (χ1n) is 5.60. The summed E-state index contributed by atoms with van der Waals surface area (Å²) in [7, 11) is 0. The Kier molecular flexibility index (Phi) is 3.56. The molecule has 0 spiro atoms. The van der Waals surface area contributed by atoms with E-state index in [1.54, 1.807) is 12.1 Å². The molecule has 1 saturated heterocycles. The molecule has 1 atom stereocenters. The van der Waals surface area contributed by atoms with E-state index < -0.39 is 11.5 Å². The van der Waals surface area contributed by atoms with Crippen molar-refractivity contribution in [2.75, 3.05) is 11.5 Å². The number of rotatable bonds is 3. The summed E-state index contributed by atoms with van der Waals surface area (Å²) in [5, 5.41) is 11.9. The molecule has 2 rings (SSSR count). The lowest BCUT2D eigenvalue weighted by Gasteiger charge is -2.24. The van der Waals surface area contributed by atoms with E-state index in [2.05, 4.69) is 10.3 Å². The van der Waals surface area contributed by atoms with Crippen molar-refractivity contribution in [2.24, 2.45) is 0 Å². The first kappa shape index (κ1) is 12.9. The summed E-state index contributed by atoms with van der Waals surface area (Å²) in [4.78, 5) is 27.3. The zero-order valence-corrected chi connectivity index (χ0v) is 10.8. The first-order valence-corrected chi connectivity index (χ1v) is 6.75. The van der Waals surface area contributed by atoms with Gasteiger partial charge in [0.25, 0.3) is 5.91 Å². The van der Waals surface area contributed by atoms with Gasteiger partial charge in [0.2, 0.25) is 0 Å². The Hall–Kier alpha value is -1.56. The molecule has 1 aromatic rings. The normalized spacial score (nSPS) is 22.7. The average Bonchev–Trinajstić information content (AvgIpc) is 2.79. The van der Waals surface area contributed by atoms with Crippen LogP contribution < -0.4 is 5.32 Å². The number of nitrogens with zero attached hydrogens (tertiary/aromatic N) is 1. The molecule has 1 aromatic heterocycles. The van der Waals surface area contributed by atoms with Crippen molar-refractivity contribution in [1.82, 2.24) is 10.3 Å². The lowest BCUT2D eigenvalue weighted by atomic mass is 9.98. The predicted molar refractivity (Wildman–Crippen MR) is 68.7 cm³/mol. The summed E-state index contributed by atoms with van der Waals surface area (Å²) in [6, 6.07) is 3.38. The number of carbonyl (C=O) groups excluding carboxylic acids is 1. The monoisotopic (exact) mass is 266 g/mol. The average molecular weight is 266 g/mol. The molecule has 0 radical (unpaired) electrons. The van der Waals surface area contributed by atoms with Crippen LogP contribution in [-0.2, 0) is 4.79 Å². The van der Waals surface area contributed by atoms with Crippen molar-refractivity contribution < 1.29 is 14.7 Å². The minimum atomic E-state index is -1.13. The summed E-state index contributed by atoms with van der Waals surface area (Å²) >= 11 is 1.54. The molecule has 6 heteroatoms. The third kappa shape index (κ3) is 2.48. The highest BCUT2D eigenvalue weighted by molar-refractivity contribution is 7.99. The number of nitrogens with one attached hydrogen (secondary N) is 1. The largest absolute Gasteiger partial charge is 0.479 e. The smallest absolute Gasteiger partial charge is 0.330 e. The SMILES string of the molecule is Cc1ccc(C(=O)NC2(C(=O)O)CCSC2)cn1. The second-order valence-corrected chi connectivity index (χ2v) is 5.44. The third-order valence-corrected chi connectivity index (χ3v) is 4.15. The molecule has 1 amide bonds. The van der Waals surface area contributed by atoms with Crippen LogP contribution >= 0.6 is 11.8 Å². The topological polar surface area (TPSA) is 79.3 Å². The number of pyridine rings is 1. The number of hydrogen-bond donors (Lipinski definition) is 2. The molecule has 2 N–H and O–H groups in total. The minimum absolute atomic E-state index is 0.382. The second-order valence-electron chi connectivity index (χ2n) is 4.33. The zero-order valence-electron chi connectivity index (χ0n) is 9.97. The van der Waals surface area contributed by atoms with Crippen molar-refractivity contribution in [1.29, 1.82) is 0 Å². The van der Waals surface area contributed by atoms with Crippen LogP contribution in [0.1, 0.15) is 22.5 Å². The maximum absolute atomic E-state index is 12.0. The van der Waals surface area contributed by atoms with Gasteiger partial charge >= 0.3 is 5.97 Å². The number of carboxylic acid groups (broad SMARTS) is 1. The van der Waals surface area contributed by atoms with Crippen LogP contribution in [0.2, 0.25) is 0 Å². The summed E-state index contributed by atoms with van der Waals surface area (Å²) in [6.07, 6.45) is 1.92. The lowest BCUT2D eigenvalue weighted by molar-refractivity contribution is -0.143. The van der Waals surface area contributed by atoms with Gasteiger partial charge in [-0.05, 0) is 31.2 Å².